The van der Waals surface area contributed by atoms with Crippen LogP contribution in [0.15, 0.2) is 51.7 Å². The Morgan fingerprint density at radius 3 is 2.48 bits per heavy atom. The first-order chi connectivity index (χ1) is 11.9. The molecule has 0 spiro atoms. The smallest absolute Gasteiger partial charge is 0.252 e. The van der Waals surface area contributed by atoms with Crippen molar-refractivity contribution in [3.05, 3.63) is 52.9 Å². The second-order valence-electron chi connectivity index (χ2n) is 5.54. The number of guanidine groups is 1. The minimum absolute atomic E-state index is 0.348. The van der Waals surface area contributed by atoms with Crippen LogP contribution >= 0.6 is 11.3 Å². The van der Waals surface area contributed by atoms with Gasteiger partial charge in [-0.3, -0.25) is 0 Å². The summed E-state index contributed by atoms with van der Waals surface area (Å²) >= 11 is 1.27. The average Bonchev–Trinajstić information content (AvgIpc) is 3.08. The van der Waals surface area contributed by atoms with Gasteiger partial charge in [0.15, 0.2) is 5.96 Å². The monoisotopic (exact) mass is 380 g/mol. The van der Waals surface area contributed by atoms with Gasteiger partial charge in [-0.05, 0) is 24.6 Å². The minimum atomic E-state index is -3.37. The van der Waals surface area contributed by atoms with Crippen LogP contribution in [0, 0.1) is 0 Å². The molecule has 0 aliphatic carbocycles. The number of hydrogen-bond donors (Lipinski definition) is 2. The zero-order valence-corrected chi connectivity index (χ0v) is 16.3. The predicted octanol–water partition coefficient (Wildman–Crippen LogP) is 2.25. The van der Waals surface area contributed by atoms with Crippen molar-refractivity contribution in [2.45, 2.75) is 24.2 Å². The zero-order chi connectivity index (χ0) is 18.3. The molecular formula is C17H24N4O2S2. The molecule has 0 atom stereocenters. The highest BCUT2D eigenvalue weighted by molar-refractivity contribution is 7.91. The molecule has 6 nitrogen and oxygen atoms in total. The largest absolute Gasteiger partial charge is 0.357 e. The summed E-state index contributed by atoms with van der Waals surface area (Å²) in [5, 5.41) is 6.44. The average molecular weight is 381 g/mol. The van der Waals surface area contributed by atoms with Gasteiger partial charge in [-0.25, -0.2) is 17.7 Å². The predicted molar refractivity (Wildman–Crippen MR) is 103 cm³/mol. The van der Waals surface area contributed by atoms with E-state index in [1.54, 1.807) is 6.07 Å². The van der Waals surface area contributed by atoms with Crippen LogP contribution in [0.2, 0.25) is 0 Å². The molecule has 0 amide bonds. The van der Waals surface area contributed by atoms with Crippen LogP contribution in [0.4, 0.5) is 0 Å². The Kier molecular flexibility index (Phi) is 6.98. The third-order valence-corrected chi connectivity index (χ3v) is 6.78. The molecule has 0 unspecified atom stereocenters. The van der Waals surface area contributed by atoms with Crippen LogP contribution < -0.4 is 10.6 Å². The fourth-order valence-corrected chi connectivity index (χ4v) is 4.50. The third kappa shape index (κ3) is 5.55. The van der Waals surface area contributed by atoms with Gasteiger partial charge in [-0.1, -0.05) is 30.3 Å². The normalized spacial score (nSPS) is 12.4. The van der Waals surface area contributed by atoms with Crippen LogP contribution in [0.1, 0.15) is 17.4 Å². The van der Waals surface area contributed by atoms with Crippen molar-refractivity contribution >= 4 is 27.3 Å². The Balaban J connectivity index is 2.00. The Morgan fingerprint density at radius 1 is 1.12 bits per heavy atom. The zero-order valence-electron chi connectivity index (χ0n) is 14.7. The summed E-state index contributed by atoms with van der Waals surface area (Å²) in [4.78, 5) is 5.49. The van der Waals surface area contributed by atoms with Crippen LogP contribution in [0.5, 0.6) is 0 Å². The van der Waals surface area contributed by atoms with Crippen LogP contribution in [-0.4, -0.2) is 39.3 Å². The van der Waals surface area contributed by atoms with Crippen molar-refractivity contribution in [1.29, 1.82) is 0 Å². The van der Waals surface area contributed by atoms with E-state index >= 15 is 0 Å². The molecular weight excluding hydrogens is 356 g/mol. The first-order valence-corrected chi connectivity index (χ1v) is 10.3. The molecule has 1 aromatic carbocycles. The highest BCUT2D eigenvalue weighted by Gasteiger charge is 2.19. The topological polar surface area (TPSA) is 73.8 Å². The molecule has 1 aromatic heterocycles. The molecule has 2 aromatic rings. The number of benzene rings is 1. The van der Waals surface area contributed by atoms with Gasteiger partial charge in [0.1, 0.15) is 4.21 Å². The van der Waals surface area contributed by atoms with E-state index in [9.17, 15) is 8.42 Å². The van der Waals surface area contributed by atoms with Crippen molar-refractivity contribution in [2.75, 3.05) is 20.6 Å². The number of hydrogen-bond acceptors (Lipinski definition) is 4. The molecule has 1 heterocycles. The Morgan fingerprint density at radius 2 is 1.84 bits per heavy atom. The number of rotatable bonds is 7. The van der Waals surface area contributed by atoms with E-state index in [1.165, 1.54) is 29.7 Å². The molecule has 0 aliphatic rings. The first kappa shape index (κ1) is 19.4. The van der Waals surface area contributed by atoms with Crippen molar-refractivity contribution in [3.63, 3.8) is 0 Å². The highest BCUT2D eigenvalue weighted by Crippen LogP contribution is 2.23. The minimum Gasteiger partial charge on any atom is -0.357 e. The number of sulfonamides is 1. The van der Waals surface area contributed by atoms with Crippen molar-refractivity contribution in [1.82, 2.24) is 14.9 Å². The lowest BCUT2D eigenvalue weighted by atomic mass is 10.2. The lowest BCUT2D eigenvalue weighted by Gasteiger charge is -2.11. The fourth-order valence-electron chi connectivity index (χ4n) is 2.04. The summed E-state index contributed by atoms with van der Waals surface area (Å²) < 4.78 is 25.8. The van der Waals surface area contributed by atoms with E-state index < -0.39 is 10.0 Å². The van der Waals surface area contributed by atoms with E-state index in [0.29, 0.717) is 23.3 Å². The number of nitrogens with one attached hydrogen (secondary N) is 2. The van der Waals surface area contributed by atoms with Crippen molar-refractivity contribution in [3.8, 4) is 0 Å². The Labute approximate surface area is 153 Å². The summed E-state index contributed by atoms with van der Waals surface area (Å²) in [6.45, 7) is 3.87. The lowest BCUT2D eigenvalue weighted by molar-refractivity contribution is 0.523. The number of thiophene rings is 1. The standard InChI is InChI=1S/C17H24N4O2S2/c1-4-18-17(19-12-14-8-6-5-7-9-14)20-13-15-10-11-16(24-15)25(22,23)21(2)3/h5-11H,4,12-13H2,1-3H3,(H2,18,19,20). The van der Waals surface area contributed by atoms with Gasteiger partial charge >= 0.3 is 0 Å². The molecule has 25 heavy (non-hydrogen) atoms. The van der Waals surface area contributed by atoms with Crippen molar-refractivity contribution < 1.29 is 8.42 Å². The molecule has 0 aliphatic heterocycles. The van der Waals surface area contributed by atoms with Gasteiger partial charge in [0.25, 0.3) is 10.0 Å². The Hall–Kier alpha value is -1.90. The second kappa shape index (κ2) is 8.98. The SMILES string of the molecule is CCNC(=NCc1ccccc1)NCc1ccc(S(=O)(=O)N(C)C)s1. The molecule has 136 valence electrons. The summed E-state index contributed by atoms with van der Waals surface area (Å²) in [5.74, 6) is 0.705. The summed E-state index contributed by atoms with van der Waals surface area (Å²) in [5.41, 5.74) is 1.13. The molecule has 2 N–H and O–H groups in total. The summed E-state index contributed by atoms with van der Waals surface area (Å²) in [6.07, 6.45) is 0. The Bertz CT molecular complexity index is 799. The van der Waals surface area contributed by atoms with Gasteiger partial charge in [0.2, 0.25) is 0 Å². The fraction of sp³-hybridized carbons (Fsp3) is 0.353. The number of nitrogens with zero attached hydrogens (tertiary/aromatic N) is 2. The number of aliphatic imine (C=N–C) groups is 1. The molecule has 0 bridgehead atoms. The first-order valence-electron chi connectivity index (χ1n) is 8.01. The van der Waals surface area contributed by atoms with Crippen molar-refractivity contribution in [2.24, 2.45) is 4.99 Å². The van der Waals surface area contributed by atoms with Gasteiger partial charge in [-0.15, -0.1) is 11.3 Å². The third-order valence-electron chi connectivity index (χ3n) is 3.41. The molecule has 0 fully saturated rings. The maximum Gasteiger partial charge on any atom is 0.252 e. The van der Waals surface area contributed by atoms with Gasteiger partial charge in [0, 0.05) is 25.5 Å². The molecule has 0 radical (unpaired) electrons. The van der Waals surface area contributed by atoms with Crippen LogP contribution in [0.25, 0.3) is 0 Å². The van der Waals surface area contributed by atoms with E-state index in [-0.39, 0.29) is 0 Å². The van der Waals surface area contributed by atoms with Gasteiger partial charge < -0.3 is 10.6 Å². The second-order valence-corrected chi connectivity index (χ2v) is 9.09. The van der Waals surface area contributed by atoms with E-state index in [4.69, 9.17) is 0 Å². The maximum atomic E-state index is 12.1. The van der Waals surface area contributed by atoms with E-state index in [0.717, 1.165) is 17.0 Å². The summed E-state index contributed by atoms with van der Waals surface area (Å²) in [7, 11) is -0.304. The van der Waals surface area contributed by atoms with Crippen LogP contribution in [-0.2, 0) is 23.1 Å². The van der Waals surface area contributed by atoms with Gasteiger partial charge in [0.05, 0.1) is 13.1 Å². The highest BCUT2D eigenvalue weighted by atomic mass is 32.2. The van der Waals surface area contributed by atoms with Gasteiger partial charge in [-0.2, -0.15) is 0 Å². The maximum absolute atomic E-state index is 12.1. The summed E-state index contributed by atoms with van der Waals surface area (Å²) in [6, 6.07) is 13.5. The lowest BCUT2D eigenvalue weighted by Crippen LogP contribution is -2.36. The molecule has 0 saturated heterocycles. The molecule has 0 saturated carbocycles. The van der Waals surface area contributed by atoms with Crippen LogP contribution in [0.3, 0.4) is 0 Å². The quantitative estimate of drug-likeness (QED) is 0.571. The molecule has 2 rings (SSSR count). The van der Waals surface area contributed by atoms with E-state index in [1.807, 2.05) is 43.3 Å². The molecule has 8 heteroatoms. The van der Waals surface area contributed by atoms with E-state index in [2.05, 4.69) is 15.6 Å².